The fourth-order valence-electron chi connectivity index (χ4n) is 1.37. The van der Waals surface area contributed by atoms with Gasteiger partial charge in [0.2, 0.25) is 5.82 Å². The highest BCUT2D eigenvalue weighted by Crippen LogP contribution is 2.29. The molecule has 0 unspecified atom stereocenters. The lowest BCUT2D eigenvalue weighted by atomic mass is 10.1. The van der Waals surface area contributed by atoms with Crippen molar-refractivity contribution in [2.45, 2.75) is 6.61 Å². The lowest BCUT2D eigenvalue weighted by molar-refractivity contribution is 0.281. The fraction of sp³-hybridized carbons (Fsp3) is 0.0909. The lowest BCUT2D eigenvalue weighted by Crippen LogP contribution is -2.06. The van der Waals surface area contributed by atoms with Crippen LogP contribution in [0.15, 0.2) is 12.4 Å². The molecule has 0 bridgehead atoms. The Bertz CT molecular complexity index is 601. The molecule has 1 N–H and O–H groups in total. The summed E-state index contributed by atoms with van der Waals surface area (Å²) in [5, 5.41) is 8.74. The summed E-state index contributed by atoms with van der Waals surface area (Å²) in [5.41, 5.74) is -0.978. The smallest absolute Gasteiger partial charge is 0.200 e. The molecule has 100 valence electrons. The third-order valence-electron chi connectivity index (χ3n) is 2.32. The summed E-state index contributed by atoms with van der Waals surface area (Å²) in [7, 11) is 0. The summed E-state index contributed by atoms with van der Waals surface area (Å²) >= 11 is 0. The van der Waals surface area contributed by atoms with Crippen molar-refractivity contribution in [2.75, 3.05) is 0 Å². The van der Waals surface area contributed by atoms with Crippen LogP contribution in [0.4, 0.5) is 22.0 Å². The normalized spacial score (nSPS) is 10.8. The Kier molecular flexibility index (Phi) is 3.43. The first-order valence-electron chi connectivity index (χ1n) is 4.91. The standard InChI is InChI=1S/C11H5F5N2O/c12-6-5(7(13)9(15)10(16)8(6)14)11-17-1-4(3-19)2-18-11/h1-2,19H,3H2. The molecule has 8 heteroatoms. The van der Waals surface area contributed by atoms with Gasteiger partial charge in [0.15, 0.2) is 29.1 Å². The molecule has 0 radical (unpaired) electrons. The number of hydrogen-bond acceptors (Lipinski definition) is 3. The number of nitrogens with zero attached hydrogens (tertiary/aromatic N) is 2. The average Bonchev–Trinajstić information content (AvgIpc) is 2.44. The van der Waals surface area contributed by atoms with Gasteiger partial charge in [-0.1, -0.05) is 0 Å². The minimum Gasteiger partial charge on any atom is -0.392 e. The Morgan fingerprint density at radius 2 is 1.21 bits per heavy atom. The topological polar surface area (TPSA) is 46.0 Å². The van der Waals surface area contributed by atoms with E-state index in [9.17, 15) is 22.0 Å². The average molecular weight is 276 g/mol. The molecular weight excluding hydrogens is 271 g/mol. The predicted molar refractivity (Wildman–Crippen MR) is 53.2 cm³/mol. The van der Waals surface area contributed by atoms with Crippen molar-refractivity contribution < 1.29 is 27.1 Å². The highest BCUT2D eigenvalue weighted by molar-refractivity contribution is 5.57. The maximum absolute atomic E-state index is 13.4. The molecule has 0 aliphatic rings. The molecule has 1 heterocycles. The van der Waals surface area contributed by atoms with E-state index in [2.05, 4.69) is 9.97 Å². The molecule has 3 nitrogen and oxygen atoms in total. The van der Waals surface area contributed by atoms with Gasteiger partial charge in [-0.05, 0) is 0 Å². The van der Waals surface area contributed by atoms with Crippen molar-refractivity contribution in [3.8, 4) is 11.4 Å². The lowest BCUT2D eigenvalue weighted by Gasteiger charge is -2.07. The second-order valence-electron chi connectivity index (χ2n) is 3.52. The third kappa shape index (κ3) is 2.14. The zero-order valence-corrected chi connectivity index (χ0v) is 9.09. The summed E-state index contributed by atoms with van der Waals surface area (Å²) in [5.74, 6) is -11.1. The quantitative estimate of drug-likeness (QED) is 0.520. The van der Waals surface area contributed by atoms with Crippen LogP contribution >= 0.6 is 0 Å². The van der Waals surface area contributed by atoms with E-state index in [0.29, 0.717) is 0 Å². The molecule has 2 aromatic rings. The van der Waals surface area contributed by atoms with Gasteiger partial charge in [0.1, 0.15) is 0 Å². The number of halogens is 5. The Labute approximate surface area is 103 Å². The van der Waals surface area contributed by atoms with Crippen molar-refractivity contribution in [3.05, 3.63) is 47.0 Å². The van der Waals surface area contributed by atoms with Gasteiger partial charge in [-0.3, -0.25) is 0 Å². The first-order valence-corrected chi connectivity index (χ1v) is 4.91. The fourth-order valence-corrected chi connectivity index (χ4v) is 1.37. The highest BCUT2D eigenvalue weighted by Gasteiger charge is 2.27. The SMILES string of the molecule is OCc1cnc(-c2c(F)c(F)c(F)c(F)c2F)nc1. The summed E-state index contributed by atoms with van der Waals surface area (Å²) in [6.07, 6.45) is 2.03. The maximum Gasteiger partial charge on any atom is 0.200 e. The van der Waals surface area contributed by atoms with Crippen molar-refractivity contribution in [3.63, 3.8) is 0 Å². The molecular formula is C11H5F5N2O. The number of hydrogen-bond donors (Lipinski definition) is 1. The van der Waals surface area contributed by atoms with Crippen molar-refractivity contribution in [1.82, 2.24) is 9.97 Å². The van der Waals surface area contributed by atoms with Crippen molar-refractivity contribution in [2.24, 2.45) is 0 Å². The van der Waals surface area contributed by atoms with Gasteiger partial charge in [0.25, 0.3) is 0 Å². The van der Waals surface area contributed by atoms with Crippen LogP contribution < -0.4 is 0 Å². The minimum atomic E-state index is -2.24. The number of aliphatic hydroxyl groups excluding tert-OH is 1. The first kappa shape index (κ1) is 13.3. The Morgan fingerprint density at radius 1 is 0.789 bits per heavy atom. The molecule has 1 aromatic carbocycles. The van der Waals surface area contributed by atoms with E-state index >= 15 is 0 Å². The van der Waals surface area contributed by atoms with Crippen LogP contribution in [0, 0.1) is 29.1 Å². The van der Waals surface area contributed by atoms with E-state index in [0.717, 1.165) is 12.4 Å². The van der Waals surface area contributed by atoms with Gasteiger partial charge in [0, 0.05) is 18.0 Å². The van der Waals surface area contributed by atoms with Crippen LogP contribution in [0.25, 0.3) is 11.4 Å². The monoisotopic (exact) mass is 276 g/mol. The highest BCUT2D eigenvalue weighted by atomic mass is 19.2. The zero-order valence-electron chi connectivity index (χ0n) is 9.09. The van der Waals surface area contributed by atoms with Gasteiger partial charge < -0.3 is 5.11 Å². The summed E-state index contributed by atoms with van der Waals surface area (Å²) in [4.78, 5) is 6.89. The first-order chi connectivity index (χ1) is 8.97. The van der Waals surface area contributed by atoms with E-state index in [4.69, 9.17) is 5.11 Å². The van der Waals surface area contributed by atoms with E-state index in [1.54, 1.807) is 0 Å². The van der Waals surface area contributed by atoms with Crippen molar-refractivity contribution >= 4 is 0 Å². The van der Waals surface area contributed by atoms with Crippen LogP contribution in [0.1, 0.15) is 5.56 Å². The van der Waals surface area contributed by atoms with Crippen LogP contribution in [0.3, 0.4) is 0 Å². The molecule has 0 saturated carbocycles. The minimum absolute atomic E-state index is 0.229. The zero-order chi connectivity index (χ0) is 14.2. The molecule has 0 aliphatic carbocycles. The molecule has 19 heavy (non-hydrogen) atoms. The van der Waals surface area contributed by atoms with Gasteiger partial charge >= 0.3 is 0 Å². The summed E-state index contributed by atoms with van der Waals surface area (Å²) in [6.45, 7) is -0.419. The molecule has 0 amide bonds. The van der Waals surface area contributed by atoms with Gasteiger partial charge in [-0.15, -0.1) is 0 Å². The third-order valence-corrected chi connectivity index (χ3v) is 2.32. The van der Waals surface area contributed by atoms with Crippen LogP contribution in [-0.2, 0) is 6.61 Å². The van der Waals surface area contributed by atoms with E-state index in [-0.39, 0.29) is 5.56 Å². The molecule has 1 aromatic heterocycles. The molecule has 0 saturated heterocycles. The molecule has 2 rings (SSSR count). The Balaban J connectivity index is 2.67. The van der Waals surface area contributed by atoms with E-state index < -0.39 is 47.1 Å². The van der Waals surface area contributed by atoms with Crippen LogP contribution in [0.5, 0.6) is 0 Å². The number of benzene rings is 1. The summed E-state index contributed by atoms with van der Waals surface area (Å²) < 4.78 is 65.6. The van der Waals surface area contributed by atoms with Crippen molar-refractivity contribution in [1.29, 1.82) is 0 Å². The molecule has 0 fully saturated rings. The van der Waals surface area contributed by atoms with Gasteiger partial charge in [-0.2, -0.15) is 0 Å². The number of aliphatic hydroxyl groups is 1. The Hall–Kier alpha value is -2.09. The largest absolute Gasteiger partial charge is 0.392 e. The molecule has 0 atom stereocenters. The second-order valence-corrected chi connectivity index (χ2v) is 3.52. The van der Waals surface area contributed by atoms with Gasteiger partial charge in [0.05, 0.1) is 12.2 Å². The number of aromatic nitrogens is 2. The van der Waals surface area contributed by atoms with E-state index in [1.165, 1.54) is 0 Å². The van der Waals surface area contributed by atoms with Gasteiger partial charge in [-0.25, -0.2) is 31.9 Å². The Morgan fingerprint density at radius 3 is 1.63 bits per heavy atom. The number of rotatable bonds is 2. The van der Waals surface area contributed by atoms with Crippen LogP contribution in [0.2, 0.25) is 0 Å². The summed E-state index contributed by atoms with van der Waals surface area (Å²) in [6, 6.07) is 0. The molecule has 0 spiro atoms. The second kappa shape index (κ2) is 4.88. The van der Waals surface area contributed by atoms with Crippen LogP contribution in [-0.4, -0.2) is 15.1 Å². The van der Waals surface area contributed by atoms with E-state index in [1.807, 2.05) is 0 Å². The maximum atomic E-state index is 13.4. The molecule has 0 aliphatic heterocycles. The predicted octanol–water partition coefficient (Wildman–Crippen LogP) is 2.33.